The molecule has 6 heteroatoms. The Hall–Kier alpha value is -1.66. The highest BCUT2D eigenvalue weighted by molar-refractivity contribution is 5.93. The van der Waals surface area contributed by atoms with Gasteiger partial charge in [-0.2, -0.15) is 0 Å². The van der Waals surface area contributed by atoms with E-state index in [0.29, 0.717) is 32.7 Å². The number of H-pyrrole nitrogens is 1. The van der Waals surface area contributed by atoms with Crippen LogP contribution in [0.4, 0.5) is 0 Å². The zero-order valence-corrected chi connectivity index (χ0v) is 13.5. The van der Waals surface area contributed by atoms with Crippen LogP contribution in [0.5, 0.6) is 0 Å². The summed E-state index contributed by atoms with van der Waals surface area (Å²) in [5.74, 6) is -0.0533. The van der Waals surface area contributed by atoms with Gasteiger partial charge in [0.15, 0.2) is 0 Å². The number of aromatic amines is 1. The number of nitrogens with zero attached hydrogens (tertiary/aromatic N) is 1. The average Bonchev–Trinajstić information content (AvgIpc) is 2.58. The molecule has 1 aromatic rings. The smallest absolute Gasteiger partial charge is 0.260 e. The van der Waals surface area contributed by atoms with Crippen molar-refractivity contribution in [3.05, 3.63) is 34.2 Å². The quantitative estimate of drug-likeness (QED) is 0.852. The lowest BCUT2D eigenvalue weighted by Gasteiger charge is -2.48. The van der Waals surface area contributed by atoms with Gasteiger partial charge >= 0.3 is 0 Å². The second kappa shape index (κ2) is 6.45. The van der Waals surface area contributed by atoms with Crippen LogP contribution in [0.2, 0.25) is 0 Å². The number of piperidine rings is 1. The van der Waals surface area contributed by atoms with E-state index in [4.69, 9.17) is 4.74 Å². The first-order valence-corrected chi connectivity index (χ1v) is 8.29. The van der Waals surface area contributed by atoms with Crippen LogP contribution in [0.3, 0.4) is 0 Å². The Morgan fingerprint density at radius 3 is 2.83 bits per heavy atom. The van der Waals surface area contributed by atoms with Gasteiger partial charge in [-0.1, -0.05) is 6.92 Å². The Balaban J connectivity index is 1.72. The number of aliphatic hydroxyl groups is 1. The Kier molecular flexibility index (Phi) is 4.55. The molecule has 1 aromatic heterocycles. The molecule has 0 radical (unpaired) electrons. The van der Waals surface area contributed by atoms with Crippen LogP contribution in [-0.4, -0.2) is 52.8 Å². The normalized spacial score (nSPS) is 29.5. The first-order chi connectivity index (χ1) is 11.0. The highest BCUT2D eigenvalue weighted by atomic mass is 16.5. The molecule has 2 aliphatic heterocycles. The zero-order chi connectivity index (χ0) is 16.4. The molecule has 126 valence electrons. The number of likely N-dealkylation sites (tertiary alicyclic amines) is 1. The van der Waals surface area contributed by atoms with Gasteiger partial charge in [0.25, 0.3) is 11.5 Å². The molecular weight excluding hydrogens is 296 g/mol. The summed E-state index contributed by atoms with van der Waals surface area (Å²) in [6.45, 7) is 4.33. The average molecular weight is 320 g/mol. The number of amides is 1. The van der Waals surface area contributed by atoms with E-state index in [1.807, 2.05) is 6.92 Å². The van der Waals surface area contributed by atoms with E-state index in [9.17, 15) is 14.7 Å². The summed E-state index contributed by atoms with van der Waals surface area (Å²) < 4.78 is 5.39. The van der Waals surface area contributed by atoms with Gasteiger partial charge in [-0.05, 0) is 37.3 Å². The van der Waals surface area contributed by atoms with Crippen molar-refractivity contribution in [3.8, 4) is 0 Å². The molecule has 0 unspecified atom stereocenters. The summed E-state index contributed by atoms with van der Waals surface area (Å²) in [6.07, 6.45) is 3.80. The highest BCUT2D eigenvalue weighted by Gasteiger charge is 2.46. The van der Waals surface area contributed by atoms with Crippen LogP contribution in [0, 0.1) is 11.8 Å². The predicted octanol–water partition coefficient (Wildman–Crippen LogP) is 1.01. The first kappa shape index (κ1) is 16.2. The van der Waals surface area contributed by atoms with E-state index in [1.165, 1.54) is 6.20 Å². The van der Waals surface area contributed by atoms with E-state index in [0.717, 1.165) is 12.8 Å². The third kappa shape index (κ3) is 3.05. The van der Waals surface area contributed by atoms with Crippen LogP contribution in [0.1, 0.15) is 36.5 Å². The topological polar surface area (TPSA) is 82.6 Å². The number of nitrogens with one attached hydrogen (secondary N) is 1. The highest BCUT2D eigenvalue weighted by Crippen LogP contribution is 2.39. The number of hydrogen-bond donors (Lipinski definition) is 2. The van der Waals surface area contributed by atoms with Crippen molar-refractivity contribution in [1.82, 2.24) is 9.88 Å². The lowest BCUT2D eigenvalue weighted by atomic mass is 9.70. The molecule has 3 rings (SSSR count). The van der Waals surface area contributed by atoms with Crippen LogP contribution >= 0.6 is 0 Å². The maximum absolute atomic E-state index is 12.6. The molecule has 2 N–H and O–H groups in total. The van der Waals surface area contributed by atoms with Crippen LogP contribution in [-0.2, 0) is 4.74 Å². The van der Waals surface area contributed by atoms with Crippen molar-refractivity contribution in [1.29, 1.82) is 0 Å². The first-order valence-electron chi connectivity index (χ1n) is 8.29. The fourth-order valence-corrected chi connectivity index (χ4v) is 3.89. The molecule has 0 saturated carbocycles. The summed E-state index contributed by atoms with van der Waals surface area (Å²) in [5.41, 5.74) is -0.949. The molecule has 6 nitrogen and oxygen atoms in total. The van der Waals surface area contributed by atoms with E-state index >= 15 is 0 Å². The van der Waals surface area contributed by atoms with Crippen LogP contribution < -0.4 is 5.56 Å². The molecule has 2 aliphatic rings. The maximum atomic E-state index is 12.6. The Labute approximate surface area is 135 Å². The molecule has 23 heavy (non-hydrogen) atoms. The molecule has 1 amide bonds. The van der Waals surface area contributed by atoms with Gasteiger partial charge < -0.3 is 19.7 Å². The van der Waals surface area contributed by atoms with Gasteiger partial charge in [0.1, 0.15) is 5.56 Å². The fraction of sp³-hybridized carbons (Fsp3) is 0.647. The predicted molar refractivity (Wildman–Crippen MR) is 85.2 cm³/mol. The van der Waals surface area contributed by atoms with Gasteiger partial charge in [-0.15, -0.1) is 0 Å². The van der Waals surface area contributed by atoms with Gasteiger partial charge in [-0.25, -0.2) is 0 Å². The van der Waals surface area contributed by atoms with Gasteiger partial charge in [0, 0.05) is 38.4 Å². The number of rotatable bonds is 2. The number of ether oxygens (including phenoxy) is 1. The molecule has 0 spiro atoms. The minimum atomic E-state index is -0.746. The summed E-state index contributed by atoms with van der Waals surface area (Å²) in [5, 5.41) is 11.1. The molecule has 0 bridgehead atoms. The van der Waals surface area contributed by atoms with E-state index < -0.39 is 5.60 Å². The van der Waals surface area contributed by atoms with Crippen molar-refractivity contribution < 1.29 is 14.6 Å². The van der Waals surface area contributed by atoms with Gasteiger partial charge in [-0.3, -0.25) is 9.59 Å². The summed E-state index contributed by atoms with van der Waals surface area (Å²) >= 11 is 0. The van der Waals surface area contributed by atoms with Gasteiger partial charge in [0.2, 0.25) is 0 Å². The van der Waals surface area contributed by atoms with E-state index in [2.05, 4.69) is 4.98 Å². The number of hydrogen-bond acceptors (Lipinski definition) is 4. The SMILES string of the molecule is C[C@@H]1CN(C(=O)c2ccc[nH]c2=O)CC[C@@]1(O)C1CCOCC1. The van der Waals surface area contributed by atoms with Crippen molar-refractivity contribution >= 4 is 5.91 Å². The summed E-state index contributed by atoms with van der Waals surface area (Å²) in [6, 6.07) is 3.20. The maximum Gasteiger partial charge on any atom is 0.260 e. The zero-order valence-electron chi connectivity index (χ0n) is 13.5. The standard InChI is InChI=1S/C17H24N2O4/c1-12-11-19(16(21)14-3-2-7-18-15(14)20)8-6-17(12,22)13-4-9-23-10-5-13/h2-3,7,12-13,22H,4-6,8-11H2,1H3,(H,18,20)/t12-,17+/m1/s1. The number of pyridine rings is 1. The van der Waals surface area contributed by atoms with Gasteiger partial charge in [0.05, 0.1) is 5.60 Å². The fourth-order valence-electron chi connectivity index (χ4n) is 3.89. The minimum Gasteiger partial charge on any atom is -0.389 e. The Morgan fingerprint density at radius 2 is 2.17 bits per heavy atom. The molecule has 2 fully saturated rings. The number of carbonyl (C=O) groups is 1. The molecule has 0 aliphatic carbocycles. The lowest BCUT2D eigenvalue weighted by molar-refractivity contribution is -0.125. The third-order valence-electron chi connectivity index (χ3n) is 5.39. The largest absolute Gasteiger partial charge is 0.389 e. The third-order valence-corrected chi connectivity index (χ3v) is 5.39. The van der Waals surface area contributed by atoms with Crippen molar-refractivity contribution in [2.45, 2.75) is 31.8 Å². The van der Waals surface area contributed by atoms with Crippen molar-refractivity contribution in [2.75, 3.05) is 26.3 Å². The summed E-state index contributed by atoms with van der Waals surface area (Å²) in [7, 11) is 0. The van der Waals surface area contributed by atoms with Crippen molar-refractivity contribution in [3.63, 3.8) is 0 Å². The monoisotopic (exact) mass is 320 g/mol. The second-order valence-electron chi connectivity index (χ2n) is 6.69. The molecular formula is C17H24N2O4. The van der Waals surface area contributed by atoms with E-state index in [-0.39, 0.29) is 28.9 Å². The number of carbonyl (C=O) groups excluding carboxylic acids is 1. The van der Waals surface area contributed by atoms with Crippen LogP contribution in [0.25, 0.3) is 0 Å². The molecule has 0 aromatic carbocycles. The minimum absolute atomic E-state index is 0.0221. The molecule has 2 saturated heterocycles. The number of aromatic nitrogens is 1. The lowest BCUT2D eigenvalue weighted by Crippen LogP contribution is -2.57. The van der Waals surface area contributed by atoms with Crippen LogP contribution in [0.15, 0.2) is 23.1 Å². The van der Waals surface area contributed by atoms with E-state index in [1.54, 1.807) is 17.0 Å². The van der Waals surface area contributed by atoms with Crippen molar-refractivity contribution in [2.24, 2.45) is 11.8 Å². The Morgan fingerprint density at radius 1 is 1.43 bits per heavy atom. The summed E-state index contributed by atoms with van der Waals surface area (Å²) in [4.78, 5) is 28.6. The Bertz CT molecular complexity index is 623. The second-order valence-corrected chi connectivity index (χ2v) is 6.69. The molecule has 3 heterocycles. The molecule has 2 atom stereocenters.